The normalized spacial score (nSPS) is 31.8. The Balaban J connectivity index is 1.86. The maximum Gasteiger partial charge on any atom is 0.309 e. The lowest BCUT2D eigenvalue weighted by molar-refractivity contribution is -0.181. The van der Waals surface area contributed by atoms with E-state index in [1.54, 1.807) is 12.1 Å². The third-order valence-electron chi connectivity index (χ3n) is 6.59. The Morgan fingerprint density at radius 1 is 1.12 bits per heavy atom. The molecule has 2 fully saturated rings. The number of hydrogen-bond acceptors (Lipinski definition) is 9. The third-order valence-corrected chi connectivity index (χ3v) is 6.59. The van der Waals surface area contributed by atoms with Gasteiger partial charge in [-0.3, -0.25) is 4.79 Å². The van der Waals surface area contributed by atoms with Gasteiger partial charge in [-0.1, -0.05) is 18.2 Å². The fourth-order valence-electron chi connectivity index (χ4n) is 4.67. The van der Waals surface area contributed by atoms with E-state index in [0.29, 0.717) is 29.5 Å². The predicted octanol–water partition coefficient (Wildman–Crippen LogP) is 1.07. The smallest absolute Gasteiger partial charge is 0.309 e. The van der Waals surface area contributed by atoms with Crippen molar-refractivity contribution in [2.45, 2.75) is 88.2 Å². The van der Waals surface area contributed by atoms with Crippen LogP contribution in [0.15, 0.2) is 24.3 Å². The first-order chi connectivity index (χ1) is 16.1. The molecule has 2 saturated heterocycles. The number of carbonyl (C=O) groups excluding carboxylic acids is 1. The Morgan fingerprint density at radius 2 is 1.85 bits per heavy atom. The van der Waals surface area contributed by atoms with E-state index in [9.17, 15) is 30.3 Å². The van der Waals surface area contributed by atoms with Crippen molar-refractivity contribution in [2.75, 3.05) is 13.7 Å². The van der Waals surface area contributed by atoms with Crippen molar-refractivity contribution < 1.29 is 44.5 Å². The molecular formula is C25H36O9. The van der Waals surface area contributed by atoms with Crippen LogP contribution >= 0.6 is 0 Å². The van der Waals surface area contributed by atoms with Gasteiger partial charge in [0.1, 0.15) is 18.0 Å². The van der Waals surface area contributed by atoms with Crippen molar-refractivity contribution in [3.8, 4) is 5.75 Å². The van der Waals surface area contributed by atoms with Crippen LogP contribution in [0.4, 0.5) is 0 Å². The zero-order chi connectivity index (χ0) is 25.0. The zero-order valence-corrected chi connectivity index (χ0v) is 19.7. The van der Waals surface area contributed by atoms with Gasteiger partial charge in [0.15, 0.2) is 0 Å². The number of benzene rings is 1. The zero-order valence-electron chi connectivity index (χ0n) is 19.7. The quantitative estimate of drug-likeness (QED) is 0.272. The highest BCUT2D eigenvalue weighted by atomic mass is 16.5. The maximum atomic E-state index is 11.9. The van der Waals surface area contributed by atoms with Crippen molar-refractivity contribution in [1.29, 1.82) is 0 Å². The van der Waals surface area contributed by atoms with E-state index in [1.165, 1.54) is 7.11 Å². The summed E-state index contributed by atoms with van der Waals surface area (Å²) in [5.74, 6) is -0.527. The Morgan fingerprint density at radius 3 is 2.53 bits per heavy atom. The third kappa shape index (κ3) is 6.35. The molecular weight excluding hydrogens is 444 g/mol. The minimum absolute atomic E-state index is 0.00723. The number of aliphatic hydroxyl groups excluding tert-OH is 4. The Hall–Kier alpha value is -2.01. The maximum absolute atomic E-state index is 11.9. The summed E-state index contributed by atoms with van der Waals surface area (Å²) in [6, 6.07) is 3.30. The number of ether oxygens (including phenoxy) is 3. The van der Waals surface area contributed by atoms with Gasteiger partial charge in [0.05, 0.1) is 50.7 Å². The topological polar surface area (TPSA) is 146 Å². The molecule has 2 aliphatic rings. The van der Waals surface area contributed by atoms with Crippen LogP contribution in [0.3, 0.4) is 0 Å². The van der Waals surface area contributed by atoms with Crippen LogP contribution in [-0.4, -0.2) is 81.8 Å². The molecule has 34 heavy (non-hydrogen) atoms. The summed E-state index contributed by atoms with van der Waals surface area (Å²) in [5.41, 5.74) is 2.17. The fourth-order valence-corrected chi connectivity index (χ4v) is 4.67. The van der Waals surface area contributed by atoms with Gasteiger partial charge in [0.2, 0.25) is 0 Å². The molecule has 7 atom stereocenters. The van der Waals surface area contributed by atoms with Crippen LogP contribution in [0.5, 0.6) is 5.75 Å². The first-order valence-electron chi connectivity index (χ1n) is 11.7. The van der Waals surface area contributed by atoms with Crippen LogP contribution in [-0.2, 0) is 31.8 Å². The van der Waals surface area contributed by atoms with Crippen LogP contribution < -0.4 is 0 Å². The molecule has 0 aromatic heterocycles. The molecule has 9 heteroatoms. The number of esters is 1. The summed E-state index contributed by atoms with van der Waals surface area (Å²) in [5, 5.41) is 51.2. The highest BCUT2D eigenvalue weighted by Crippen LogP contribution is 2.39. The lowest BCUT2D eigenvalue weighted by Gasteiger charge is -2.37. The fraction of sp³-hybridized carbons (Fsp3) is 0.640. The van der Waals surface area contributed by atoms with Gasteiger partial charge >= 0.3 is 5.97 Å². The molecule has 9 nitrogen and oxygen atoms in total. The van der Waals surface area contributed by atoms with Crippen molar-refractivity contribution in [3.05, 3.63) is 41.0 Å². The molecule has 1 aromatic rings. The Bertz CT molecular complexity index is 870. The van der Waals surface area contributed by atoms with Gasteiger partial charge in [-0.15, -0.1) is 0 Å². The van der Waals surface area contributed by atoms with Crippen LogP contribution in [0.1, 0.15) is 55.4 Å². The predicted molar refractivity (Wildman–Crippen MR) is 122 cm³/mol. The van der Waals surface area contributed by atoms with Gasteiger partial charge in [-0.2, -0.15) is 0 Å². The average molecular weight is 481 g/mol. The second-order valence-electron chi connectivity index (χ2n) is 9.35. The monoisotopic (exact) mass is 480 g/mol. The largest absolute Gasteiger partial charge is 0.507 e. The minimum Gasteiger partial charge on any atom is -0.507 e. The molecule has 5 N–H and O–H groups in total. The van der Waals surface area contributed by atoms with Gasteiger partial charge in [0, 0.05) is 12.0 Å². The van der Waals surface area contributed by atoms with E-state index in [0.717, 1.165) is 12.0 Å². The average Bonchev–Trinajstić information content (AvgIpc) is 2.79. The van der Waals surface area contributed by atoms with Crippen molar-refractivity contribution in [1.82, 2.24) is 0 Å². The molecule has 0 bridgehead atoms. The molecule has 2 heterocycles. The van der Waals surface area contributed by atoms with E-state index in [1.807, 2.05) is 6.92 Å². The highest BCUT2D eigenvalue weighted by Gasteiger charge is 2.38. The van der Waals surface area contributed by atoms with Gasteiger partial charge in [0.25, 0.3) is 0 Å². The second-order valence-corrected chi connectivity index (χ2v) is 9.35. The number of hydrogen-bond donors (Lipinski definition) is 5. The van der Waals surface area contributed by atoms with Crippen LogP contribution in [0, 0.1) is 0 Å². The minimum atomic E-state index is -1.25. The SMILES string of the molecule is C=C(Cc1cc(CC(=O)OC)cc(C2CC(O)C(O)C(CO)O2)c1O)CC1O[C@@H](C)CCC1O. The van der Waals surface area contributed by atoms with Gasteiger partial charge in [-0.25, -0.2) is 0 Å². The molecule has 3 rings (SSSR count). The molecule has 0 amide bonds. The van der Waals surface area contributed by atoms with Crippen molar-refractivity contribution in [3.63, 3.8) is 0 Å². The van der Waals surface area contributed by atoms with E-state index in [-0.39, 0.29) is 37.2 Å². The summed E-state index contributed by atoms with van der Waals surface area (Å²) in [4.78, 5) is 11.9. The van der Waals surface area contributed by atoms with Crippen LogP contribution in [0.2, 0.25) is 0 Å². The molecule has 0 aliphatic carbocycles. The Kier molecular flexibility index (Phi) is 9.08. The molecule has 6 unspecified atom stereocenters. The number of methoxy groups -OCH3 is 1. The van der Waals surface area contributed by atoms with Crippen LogP contribution in [0.25, 0.3) is 0 Å². The number of phenolic OH excluding ortho intramolecular Hbond substituents is 1. The summed E-state index contributed by atoms with van der Waals surface area (Å²) >= 11 is 0. The van der Waals surface area contributed by atoms with Gasteiger partial charge < -0.3 is 39.7 Å². The standard InChI is InChI=1S/C25H36O9/c1-13(7-21-18(27)5-4-14(2)33-21)6-16-8-15(10-23(29)32-3)9-17(24(16)30)20-11-19(28)25(31)22(12-26)34-20/h8-9,14,18-22,25-28,30-31H,1,4-7,10-12H2,2-3H3/t14-,18?,19?,20?,21?,22?,25?/m0/s1. The lowest BCUT2D eigenvalue weighted by atomic mass is 9.88. The Labute approximate surface area is 199 Å². The second kappa shape index (κ2) is 11.6. The first kappa shape index (κ1) is 26.6. The molecule has 0 spiro atoms. The molecule has 0 radical (unpaired) electrons. The number of aromatic hydroxyl groups is 1. The number of aliphatic hydroxyl groups is 4. The van der Waals surface area contributed by atoms with E-state index in [4.69, 9.17) is 14.2 Å². The summed E-state index contributed by atoms with van der Waals surface area (Å²) < 4.78 is 16.4. The number of phenols is 1. The molecule has 190 valence electrons. The van der Waals surface area contributed by atoms with E-state index in [2.05, 4.69) is 6.58 Å². The summed E-state index contributed by atoms with van der Waals surface area (Å²) in [6.07, 6.45) is -3.00. The van der Waals surface area contributed by atoms with Crippen molar-refractivity contribution in [2.24, 2.45) is 0 Å². The first-order valence-corrected chi connectivity index (χ1v) is 11.7. The number of rotatable bonds is 8. The summed E-state index contributed by atoms with van der Waals surface area (Å²) in [7, 11) is 1.29. The molecule has 1 aromatic carbocycles. The lowest BCUT2D eigenvalue weighted by Crippen LogP contribution is -2.47. The molecule has 2 aliphatic heterocycles. The number of carbonyl (C=O) groups is 1. The van der Waals surface area contributed by atoms with E-state index < -0.39 is 43.1 Å². The molecule has 0 saturated carbocycles. The van der Waals surface area contributed by atoms with E-state index >= 15 is 0 Å². The highest BCUT2D eigenvalue weighted by molar-refractivity contribution is 5.72. The van der Waals surface area contributed by atoms with Gasteiger partial charge in [-0.05, 0) is 49.8 Å². The van der Waals surface area contributed by atoms with Crippen molar-refractivity contribution >= 4 is 5.97 Å². The summed E-state index contributed by atoms with van der Waals surface area (Å²) in [6.45, 7) is 5.58.